The molecule has 1 fully saturated rings. The van der Waals surface area contributed by atoms with Gasteiger partial charge in [0.15, 0.2) is 0 Å². The van der Waals surface area contributed by atoms with Gasteiger partial charge in [-0.2, -0.15) is 0 Å². The van der Waals surface area contributed by atoms with Crippen LogP contribution >= 0.6 is 0 Å². The zero-order valence-electron chi connectivity index (χ0n) is 13.1. The predicted octanol–water partition coefficient (Wildman–Crippen LogP) is 4.14. The van der Waals surface area contributed by atoms with E-state index in [0.717, 1.165) is 31.1 Å². The molecular weight excluding hydrogens is 246 g/mol. The van der Waals surface area contributed by atoms with Crippen molar-refractivity contribution in [3.05, 3.63) is 29.8 Å². The lowest BCUT2D eigenvalue weighted by Gasteiger charge is -2.30. The number of hydrogen-bond acceptors (Lipinski definition) is 2. The monoisotopic (exact) mass is 275 g/mol. The summed E-state index contributed by atoms with van der Waals surface area (Å²) in [5, 5.41) is 0. The second kappa shape index (κ2) is 8.31. The molecule has 1 aromatic rings. The molecular formula is C18H29NO. The summed E-state index contributed by atoms with van der Waals surface area (Å²) in [4.78, 5) is 2.62. The van der Waals surface area contributed by atoms with Crippen LogP contribution in [-0.2, 0) is 6.42 Å². The number of likely N-dealkylation sites (tertiary alicyclic amines) is 1. The molecule has 0 spiro atoms. The van der Waals surface area contributed by atoms with E-state index in [4.69, 9.17) is 4.74 Å². The maximum atomic E-state index is 5.92. The third-order valence-corrected chi connectivity index (χ3v) is 4.22. The van der Waals surface area contributed by atoms with Crippen LogP contribution in [0.2, 0.25) is 0 Å². The minimum absolute atomic E-state index is 0.848. The first kappa shape index (κ1) is 15.4. The highest BCUT2D eigenvalue weighted by atomic mass is 16.5. The third kappa shape index (κ3) is 4.82. The Kier molecular flexibility index (Phi) is 6.38. The largest absolute Gasteiger partial charge is 0.493 e. The van der Waals surface area contributed by atoms with Crippen molar-refractivity contribution in [2.45, 2.75) is 46.0 Å². The summed E-state index contributed by atoms with van der Waals surface area (Å²) in [5.41, 5.74) is 1.32. The number of nitrogens with zero attached hydrogens (tertiary/aromatic N) is 1. The summed E-state index contributed by atoms with van der Waals surface area (Å²) in [6, 6.07) is 8.39. The number of ether oxygens (including phenoxy) is 1. The first-order chi connectivity index (χ1) is 9.79. The van der Waals surface area contributed by atoms with Gasteiger partial charge in [-0.25, -0.2) is 0 Å². The van der Waals surface area contributed by atoms with Crippen LogP contribution in [-0.4, -0.2) is 31.1 Å². The minimum atomic E-state index is 0.848. The Bertz CT molecular complexity index is 391. The Morgan fingerprint density at radius 1 is 1.25 bits per heavy atom. The van der Waals surface area contributed by atoms with Crippen molar-refractivity contribution in [2.24, 2.45) is 5.92 Å². The number of benzene rings is 1. The number of aryl methyl sites for hydroxylation is 1. The van der Waals surface area contributed by atoms with Crippen molar-refractivity contribution in [1.82, 2.24) is 4.90 Å². The second-order valence-electron chi connectivity index (χ2n) is 6.06. The van der Waals surface area contributed by atoms with Crippen LogP contribution < -0.4 is 4.74 Å². The van der Waals surface area contributed by atoms with Crippen molar-refractivity contribution in [3.63, 3.8) is 0 Å². The molecule has 0 N–H and O–H groups in total. The summed E-state index contributed by atoms with van der Waals surface area (Å²) in [5.74, 6) is 1.96. The van der Waals surface area contributed by atoms with Crippen LogP contribution in [0, 0.1) is 5.92 Å². The normalized spacial score (nSPS) is 20.0. The lowest BCUT2D eigenvalue weighted by atomic mass is 10.0. The van der Waals surface area contributed by atoms with E-state index in [0.29, 0.717) is 0 Å². The van der Waals surface area contributed by atoms with E-state index in [1.165, 1.54) is 44.5 Å². The smallest absolute Gasteiger partial charge is 0.122 e. The van der Waals surface area contributed by atoms with Crippen LogP contribution in [0.4, 0.5) is 0 Å². The predicted molar refractivity (Wildman–Crippen MR) is 85.4 cm³/mol. The van der Waals surface area contributed by atoms with Crippen molar-refractivity contribution in [3.8, 4) is 5.75 Å². The van der Waals surface area contributed by atoms with Crippen molar-refractivity contribution in [1.29, 1.82) is 0 Å². The Hall–Kier alpha value is -1.02. The van der Waals surface area contributed by atoms with Crippen LogP contribution in [0.3, 0.4) is 0 Å². The number of rotatable bonds is 7. The maximum Gasteiger partial charge on any atom is 0.122 e. The molecule has 0 unspecified atom stereocenters. The Labute approximate surface area is 124 Å². The van der Waals surface area contributed by atoms with Crippen LogP contribution in [0.5, 0.6) is 5.75 Å². The second-order valence-corrected chi connectivity index (χ2v) is 6.06. The van der Waals surface area contributed by atoms with E-state index in [2.05, 4.69) is 43.0 Å². The van der Waals surface area contributed by atoms with Gasteiger partial charge in [-0.1, -0.05) is 32.0 Å². The fourth-order valence-electron chi connectivity index (χ4n) is 3.05. The molecule has 1 aliphatic rings. The molecule has 0 saturated carbocycles. The number of hydrogen-bond donors (Lipinski definition) is 0. The fourth-order valence-corrected chi connectivity index (χ4v) is 3.05. The molecule has 0 radical (unpaired) electrons. The number of piperidine rings is 1. The first-order valence-electron chi connectivity index (χ1n) is 8.22. The van der Waals surface area contributed by atoms with Gasteiger partial charge in [0.05, 0.1) is 6.61 Å². The molecule has 20 heavy (non-hydrogen) atoms. The number of para-hydroxylation sites is 1. The summed E-state index contributed by atoms with van der Waals surface area (Å²) < 4.78 is 5.92. The molecule has 1 aromatic carbocycles. The zero-order valence-corrected chi connectivity index (χ0v) is 13.1. The molecule has 2 heteroatoms. The average Bonchev–Trinajstić information content (AvgIpc) is 2.47. The Balaban J connectivity index is 1.61. The number of unbranched alkanes of at least 4 members (excludes halogenated alkanes) is 1. The van der Waals surface area contributed by atoms with Gasteiger partial charge in [0, 0.05) is 6.54 Å². The minimum Gasteiger partial charge on any atom is -0.493 e. The molecule has 0 bridgehead atoms. The zero-order chi connectivity index (χ0) is 14.2. The van der Waals surface area contributed by atoms with Gasteiger partial charge in [-0.15, -0.1) is 0 Å². The van der Waals surface area contributed by atoms with E-state index >= 15 is 0 Å². The Morgan fingerprint density at radius 2 is 2.10 bits per heavy atom. The van der Waals surface area contributed by atoms with Crippen molar-refractivity contribution < 1.29 is 4.74 Å². The molecule has 1 aliphatic heterocycles. The molecule has 0 amide bonds. The van der Waals surface area contributed by atoms with Gasteiger partial charge in [-0.3, -0.25) is 0 Å². The van der Waals surface area contributed by atoms with Crippen LogP contribution in [0.25, 0.3) is 0 Å². The van der Waals surface area contributed by atoms with E-state index in [-0.39, 0.29) is 0 Å². The fraction of sp³-hybridized carbons (Fsp3) is 0.667. The van der Waals surface area contributed by atoms with Crippen molar-refractivity contribution in [2.75, 3.05) is 26.2 Å². The molecule has 0 aliphatic carbocycles. The van der Waals surface area contributed by atoms with Gasteiger partial charge in [0.1, 0.15) is 5.75 Å². The van der Waals surface area contributed by atoms with E-state index in [1.807, 2.05) is 0 Å². The molecule has 0 aromatic heterocycles. The van der Waals surface area contributed by atoms with Crippen LogP contribution in [0.15, 0.2) is 24.3 Å². The molecule has 2 rings (SSSR count). The SMILES string of the molecule is CCc1ccccc1OCCCCN1CCC[C@H](C)C1. The topological polar surface area (TPSA) is 12.5 Å². The Morgan fingerprint density at radius 3 is 2.90 bits per heavy atom. The van der Waals surface area contributed by atoms with Gasteiger partial charge in [0.2, 0.25) is 0 Å². The quantitative estimate of drug-likeness (QED) is 0.693. The molecule has 112 valence electrons. The van der Waals surface area contributed by atoms with Gasteiger partial charge in [0.25, 0.3) is 0 Å². The summed E-state index contributed by atoms with van der Waals surface area (Å²) >= 11 is 0. The summed E-state index contributed by atoms with van der Waals surface area (Å²) in [7, 11) is 0. The van der Waals surface area contributed by atoms with Gasteiger partial charge in [-0.05, 0) is 62.7 Å². The maximum absolute atomic E-state index is 5.92. The average molecular weight is 275 g/mol. The first-order valence-corrected chi connectivity index (χ1v) is 8.22. The lowest BCUT2D eigenvalue weighted by molar-refractivity contribution is 0.177. The highest BCUT2D eigenvalue weighted by molar-refractivity contribution is 5.33. The molecule has 1 heterocycles. The highest BCUT2D eigenvalue weighted by Gasteiger charge is 2.15. The van der Waals surface area contributed by atoms with Crippen molar-refractivity contribution >= 4 is 0 Å². The summed E-state index contributed by atoms with van der Waals surface area (Å²) in [6.07, 6.45) is 6.24. The molecule has 1 atom stereocenters. The van der Waals surface area contributed by atoms with Gasteiger partial charge >= 0.3 is 0 Å². The van der Waals surface area contributed by atoms with E-state index < -0.39 is 0 Å². The van der Waals surface area contributed by atoms with E-state index in [1.54, 1.807) is 0 Å². The third-order valence-electron chi connectivity index (χ3n) is 4.22. The van der Waals surface area contributed by atoms with E-state index in [9.17, 15) is 0 Å². The standard InChI is InChI=1S/C18H29NO/c1-3-17-10-4-5-11-18(17)20-14-7-6-12-19-13-8-9-16(2)15-19/h4-5,10-11,16H,3,6-9,12-15H2,1-2H3/t16-/m0/s1. The highest BCUT2D eigenvalue weighted by Crippen LogP contribution is 2.19. The van der Waals surface area contributed by atoms with Gasteiger partial charge < -0.3 is 9.64 Å². The summed E-state index contributed by atoms with van der Waals surface area (Å²) in [6.45, 7) is 9.23. The molecule has 1 saturated heterocycles. The lowest BCUT2D eigenvalue weighted by Crippen LogP contribution is -2.35. The van der Waals surface area contributed by atoms with Crippen LogP contribution in [0.1, 0.15) is 45.1 Å². The molecule has 2 nitrogen and oxygen atoms in total.